The van der Waals surface area contributed by atoms with Gasteiger partial charge in [0.1, 0.15) is 6.61 Å². The summed E-state index contributed by atoms with van der Waals surface area (Å²) in [4.78, 5) is 0. The third kappa shape index (κ3) is 4.73. The molecule has 0 aliphatic rings. The van der Waals surface area contributed by atoms with E-state index in [4.69, 9.17) is 21.7 Å². The van der Waals surface area contributed by atoms with Gasteiger partial charge >= 0.3 is 0 Å². The molecule has 0 aliphatic carbocycles. The van der Waals surface area contributed by atoms with Crippen molar-refractivity contribution in [1.29, 1.82) is 0 Å². The minimum atomic E-state index is 0.421. The summed E-state index contributed by atoms with van der Waals surface area (Å²) < 4.78 is 13.5. The average molecular weight is 431 g/mol. The second kappa shape index (κ2) is 9.40. The molecule has 156 valence electrons. The van der Waals surface area contributed by atoms with Gasteiger partial charge in [-0.3, -0.25) is 0 Å². The third-order valence-corrected chi connectivity index (χ3v) is 5.05. The van der Waals surface area contributed by atoms with Crippen molar-refractivity contribution in [2.75, 3.05) is 7.11 Å². The highest BCUT2D eigenvalue weighted by Crippen LogP contribution is 2.28. The first-order chi connectivity index (χ1) is 15.2. The maximum absolute atomic E-state index is 5.92. The summed E-state index contributed by atoms with van der Waals surface area (Å²) in [5.74, 6) is 1.97. The van der Waals surface area contributed by atoms with Crippen LogP contribution < -0.4 is 9.47 Å². The van der Waals surface area contributed by atoms with E-state index in [0.29, 0.717) is 28.7 Å². The number of benzene rings is 3. The van der Waals surface area contributed by atoms with Crippen LogP contribution in [0.1, 0.15) is 16.7 Å². The van der Waals surface area contributed by atoms with Crippen LogP contribution in [0, 0.1) is 11.7 Å². The van der Waals surface area contributed by atoms with Crippen molar-refractivity contribution >= 4 is 18.4 Å². The summed E-state index contributed by atoms with van der Waals surface area (Å²) in [5, 5.41) is 11.7. The van der Waals surface area contributed by atoms with Crippen molar-refractivity contribution in [2.24, 2.45) is 5.10 Å². The fourth-order valence-electron chi connectivity index (χ4n) is 3.14. The summed E-state index contributed by atoms with van der Waals surface area (Å²) in [6.07, 6.45) is 1.72. The smallest absolute Gasteiger partial charge is 0.216 e. The Balaban J connectivity index is 1.57. The molecular formula is C24H22N4O2S. The highest BCUT2D eigenvalue weighted by Gasteiger charge is 2.10. The Hall–Kier alpha value is -3.71. The summed E-state index contributed by atoms with van der Waals surface area (Å²) in [5.41, 5.74) is 4.00. The SMILES string of the molecule is COc1cc(/C=N/n2c(-c3ccccc3C)n[nH]c2=S)ccc1OCc1ccccc1. The van der Waals surface area contributed by atoms with Gasteiger partial charge in [0.05, 0.1) is 13.3 Å². The summed E-state index contributed by atoms with van der Waals surface area (Å²) in [6, 6.07) is 23.6. The van der Waals surface area contributed by atoms with Crippen molar-refractivity contribution in [3.8, 4) is 22.9 Å². The van der Waals surface area contributed by atoms with Crippen LogP contribution in [0.4, 0.5) is 0 Å². The van der Waals surface area contributed by atoms with Crippen LogP contribution >= 0.6 is 12.2 Å². The van der Waals surface area contributed by atoms with Crippen LogP contribution in [-0.4, -0.2) is 28.2 Å². The fourth-order valence-corrected chi connectivity index (χ4v) is 3.32. The number of aromatic amines is 1. The molecule has 0 atom stereocenters. The molecule has 0 bridgehead atoms. The summed E-state index contributed by atoms with van der Waals surface area (Å²) in [6.45, 7) is 2.49. The molecule has 0 aliphatic heterocycles. The van der Waals surface area contributed by atoms with E-state index < -0.39 is 0 Å². The molecule has 1 heterocycles. The first-order valence-corrected chi connectivity index (χ1v) is 10.2. The standard InChI is InChI=1S/C24H22N4O2S/c1-17-8-6-7-11-20(17)23-26-27-24(31)28(23)25-15-19-12-13-21(22(14-19)29-2)30-16-18-9-4-3-5-10-18/h3-15H,16H2,1-2H3,(H,27,31)/b25-15+. The van der Waals surface area contributed by atoms with Crippen molar-refractivity contribution in [1.82, 2.24) is 14.9 Å². The molecule has 3 aromatic carbocycles. The lowest BCUT2D eigenvalue weighted by Crippen LogP contribution is -1.99. The predicted octanol–water partition coefficient (Wildman–Crippen LogP) is 5.39. The van der Waals surface area contributed by atoms with Gasteiger partial charge in [-0.25, -0.2) is 5.10 Å². The molecule has 31 heavy (non-hydrogen) atoms. The highest BCUT2D eigenvalue weighted by atomic mass is 32.1. The molecule has 0 saturated heterocycles. The molecule has 7 heteroatoms. The Kier molecular flexibility index (Phi) is 6.24. The number of H-pyrrole nitrogens is 1. The normalized spacial score (nSPS) is 11.0. The number of aryl methyl sites for hydroxylation is 1. The Morgan fingerprint density at radius 3 is 2.58 bits per heavy atom. The average Bonchev–Trinajstić information content (AvgIpc) is 3.17. The predicted molar refractivity (Wildman–Crippen MR) is 124 cm³/mol. The summed E-state index contributed by atoms with van der Waals surface area (Å²) >= 11 is 5.37. The van der Waals surface area contributed by atoms with E-state index in [2.05, 4.69) is 15.3 Å². The largest absolute Gasteiger partial charge is 0.493 e. The van der Waals surface area contributed by atoms with Crippen molar-refractivity contribution in [3.63, 3.8) is 0 Å². The van der Waals surface area contributed by atoms with Crippen LogP contribution in [0.2, 0.25) is 0 Å². The molecule has 1 aromatic heterocycles. The highest BCUT2D eigenvalue weighted by molar-refractivity contribution is 7.71. The number of nitrogens with zero attached hydrogens (tertiary/aromatic N) is 3. The van der Waals surface area contributed by atoms with Crippen LogP contribution in [0.15, 0.2) is 77.9 Å². The van der Waals surface area contributed by atoms with Gasteiger partial charge in [-0.1, -0.05) is 54.6 Å². The maximum Gasteiger partial charge on any atom is 0.216 e. The molecule has 0 radical (unpaired) electrons. The number of nitrogens with one attached hydrogen (secondary N) is 1. The lowest BCUT2D eigenvalue weighted by Gasteiger charge is -2.11. The number of hydrogen-bond donors (Lipinski definition) is 1. The molecule has 4 aromatic rings. The van der Waals surface area contributed by atoms with Gasteiger partial charge in [0.2, 0.25) is 4.77 Å². The Bertz CT molecular complexity index is 1260. The number of methoxy groups -OCH3 is 1. The molecule has 0 unspecified atom stereocenters. The zero-order valence-electron chi connectivity index (χ0n) is 17.3. The van der Waals surface area contributed by atoms with E-state index in [-0.39, 0.29) is 0 Å². The second-order valence-electron chi connectivity index (χ2n) is 6.91. The molecule has 0 saturated carbocycles. The molecule has 0 spiro atoms. The number of rotatable bonds is 7. The second-order valence-corrected chi connectivity index (χ2v) is 7.29. The number of hydrogen-bond acceptors (Lipinski definition) is 5. The summed E-state index contributed by atoms with van der Waals surface area (Å²) in [7, 11) is 1.62. The zero-order valence-corrected chi connectivity index (χ0v) is 18.1. The maximum atomic E-state index is 5.92. The van der Waals surface area contributed by atoms with E-state index in [1.54, 1.807) is 18.0 Å². The topological polar surface area (TPSA) is 64.4 Å². The van der Waals surface area contributed by atoms with Crippen LogP contribution in [0.25, 0.3) is 11.4 Å². The van der Waals surface area contributed by atoms with E-state index >= 15 is 0 Å². The lowest BCUT2D eigenvalue weighted by molar-refractivity contribution is 0.284. The molecular weight excluding hydrogens is 408 g/mol. The minimum Gasteiger partial charge on any atom is -0.493 e. The minimum absolute atomic E-state index is 0.421. The van der Waals surface area contributed by atoms with E-state index in [1.165, 1.54) is 0 Å². The Morgan fingerprint density at radius 2 is 1.81 bits per heavy atom. The Morgan fingerprint density at radius 1 is 1.03 bits per heavy atom. The molecule has 4 rings (SSSR count). The monoisotopic (exact) mass is 430 g/mol. The molecule has 0 amide bonds. The Labute approximate surface area is 185 Å². The van der Waals surface area contributed by atoms with E-state index in [0.717, 1.165) is 22.3 Å². The first kappa shape index (κ1) is 20.6. The number of aromatic nitrogens is 3. The van der Waals surface area contributed by atoms with Crippen LogP contribution in [0.5, 0.6) is 11.5 Å². The lowest BCUT2D eigenvalue weighted by atomic mass is 10.1. The number of ether oxygens (including phenoxy) is 2. The fraction of sp³-hybridized carbons (Fsp3) is 0.125. The van der Waals surface area contributed by atoms with E-state index in [1.807, 2.05) is 79.7 Å². The van der Waals surface area contributed by atoms with Gasteiger partial charge in [-0.05, 0) is 54.0 Å². The van der Waals surface area contributed by atoms with Gasteiger partial charge in [0, 0.05) is 5.56 Å². The molecule has 6 nitrogen and oxygen atoms in total. The van der Waals surface area contributed by atoms with Gasteiger partial charge in [0.15, 0.2) is 17.3 Å². The van der Waals surface area contributed by atoms with Crippen molar-refractivity contribution in [3.05, 3.63) is 94.3 Å². The van der Waals surface area contributed by atoms with Gasteiger partial charge < -0.3 is 9.47 Å². The molecule has 0 fully saturated rings. The zero-order chi connectivity index (χ0) is 21.6. The van der Waals surface area contributed by atoms with Crippen molar-refractivity contribution < 1.29 is 9.47 Å². The third-order valence-electron chi connectivity index (χ3n) is 4.78. The van der Waals surface area contributed by atoms with Crippen LogP contribution in [-0.2, 0) is 6.61 Å². The van der Waals surface area contributed by atoms with Crippen molar-refractivity contribution in [2.45, 2.75) is 13.5 Å². The van der Waals surface area contributed by atoms with Gasteiger partial charge in [0.25, 0.3) is 0 Å². The first-order valence-electron chi connectivity index (χ1n) is 9.78. The molecule has 1 N–H and O–H groups in total. The van der Waals surface area contributed by atoms with E-state index in [9.17, 15) is 0 Å². The van der Waals surface area contributed by atoms with Crippen LogP contribution in [0.3, 0.4) is 0 Å². The quantitative estimate of drug-likeness (QED) is 0.316. The van der Waals surface area contributed by atoms with Gasteiger partial charge in [-0.2, -0.15) is 14.9 Å². The van der Waals surface area contributed by atoms with Gasteiger partial charge in [-0.15, -0.1) is 0 Å².